The Labute approximate surface area is 156 Å². The van der Waals surface area contributed by atoms with E-state index in [1.54, 1.807) is 10.9 Å². The van der Waals surface area contributed by atoms with Gasteiger partial charge in [-0.3, -0.25) is 13.9 Å². The summed E-state index contributed by atoms with van der Waals surface area (Å²) >= 11 is 0. The van der Waals surface area contributed by atoms with Crippen molar-refractivity contribution < 1.29 is 0 Å². The Morgan fingerprint density at radius 2 is 1.70 bits per heavy atom. The Kier molecular flexibility index (Phi) is 4.18. The maximum absolute atomic E-state index is 12.9. The van der Waals surface area contributed by atoms with Crippen molar-refractivity contribution in [1.29, 1.82) is 0 Å². The van der Waals surface area contributed by atoms with Crippen LogP contribution in [0.5, 0.6) is 0 Å². The third kappa shape index (κ3) is 2.87. The molecule has 138 valence electrons. The number of fused-ring (bicyclic) bond motifs is 3. The van der Waals surface area contributed by atoms with Gasteiger partial charge in [-0.25, -0.2) is 9.78 Å². The van der Waals surface area contributed by atoms with Crippen LogP contribution in [0.15, 0.2) is 58.4 Å². The van der Waals surface area contributed by atoms with E-state index in [0.29, 0.717) is 29.5 Å². The van der Waals surface area contributed by atoms with Gasteiger partial charge in [0.1, 0.15) is 5.52 Å². The summed E-state index contributed by atoms with van der Waals surface area (Å²) in [6, 6.07) is 13.9. The average molecular weight is 362 g/mol. The summed E-state index contributed by atoms with van der Waals surface area (Å²) in [6.07, 6.45) is 1.76. The number of nitrogens with zero attached hydrogens (tertiary/aromatic N) is 4. The summed E-state index contributed by atoms with van der Waals surface area (Å²) in [4.78, 5) is 30.0. The lowest BCUT2D eigenvalue weighted by atomic mass is 10.1. The van der Waals surface area contributed by atoms with Gasteiger partial charge in [-0.15, -0.1) is 0 Å². The number of rotatable bonds is 4. The highest BCUT2D eigenvalue weighted by molar-refractivity contribution is 6.02. The predicted molar refractivity (Wildman–Crippen MR) is 107 cm³/mol. The van der Waals surface area contributed by atoms with E-state index < -0.39 is 0 Å². The number of aromatic nitrogens is 4. The van der Waals surface area contributed by atoms with Crippen LogP contribution in [0, 0.1) is 5.92 Å². The molecule has 0 spiro atoms. The van der Waals surface area contributed by atoms with E-state index in [2.05, 4.69) is 31.0 Å². The van der Waals surface area contributed by atoms with Gasteiger partial charge in [-0.1, -0.05) is 44.2 Å². The standard InChI is InChI=1S/C21H22N4O2/c1-14(2)11-25-16-9-10-17-19(18(16)20(26)23(3)21(25)27)22-13-24(17)12-15-7-5-4-6-8-15/h4-10,13-14H,11-12H2,1-3H3. The highest BCUT2D eigenvalue weighted by Gasteiger charge is 2.17. The molecule has 0 fully saturated rings. The first-order valence-electron chi connectivity index (χ1n) is 9.08. The Bertz CT molecular complexity index is 1250. The summed E-state index contributed by atoms with van der Waals surface area (Å²) in [5.41, 5.74) is 2.75. The summed E-state index contributed by atoms with van der Waals surface area (Å²) in [6.45, 7) is 5.33. The molecular formula is C21H22N4O2. The molecule has 2 heterocycles. The Hall–Kier alpha value is -3.15. The molecule has 0 atom stereocenters. The minimum Gasteiger partial charge on any atom is -0.326 e. The summed E-state index contributed by atoms with van der Waals surface area (Å²) in [5.74, 6) is 0.287. The van der Waals surface area contributed by atoms with Gasteiger partial charge < -0.3 is 4.57 Å². The third-order valence-electron chi connectivity index (χ3n) is 4.84. The topological polar surface area (TPSA) is 61.8 Å². The van der Waals surface area contributed by atoms with E-state index in [1.165, 1.54) is 11.6 Å². The fraction of sp³-hybridized carbons (Fsp3) is 0.286. The zero-order chi connectivity index (χ0) is 19.1. The molecule has 6 heteroatoms. The molecule has 2 aromatic carbocycles. The van der Waals surface area contributed by atoms with Crippen molar-refractivity contribution in [1.82, 2.24) is 18.7 Å². The molecule has 0 bridgehead atoms. The zero-order valence-corrected chi connectivity index (χ0v) is 15.7. The van der Waals surface area contributed by atoms with E-state index in [0.717, 1.165) is 11.1 Å². The normalized spacial score (nSPS) is 11.7. The van der Waals surface area contributed by atoms with Gasteiger partial charge in [-0.2, -0.15) is 0 Å². The second kappa shape index (κ2) is 6.54. The van der Waals surface area contributed by atoms with Gasteiger partial charge in [0.15, 0.2) is 0 Å². The molecule has 0 aliphatic carbocycles. The summed E-state index contributed by atoms with van der Waals surface area (Å²) in [7, 11) is 1.53. The smallest absolute Gasteiger partial charge is 0.326 e. The fourth-order valence-electron chi connectivity index (χ4n) is 3.54. The lowest BCUT2D eigenvalue weighted by molar-refractivity contribution is 0.502. The molecule has 0 aliphatic rings. The fourth-order valence-corrected chi connectivity index (χ4v) is 3.54. The van der Waals surface area contributed by atoms with E-state index in [1.807, 2.05) is 34.9 Å². The monoisotopic (exact) mass is 362 g/mol. The van der Waals surface area contributed by atoms with Crippen LogP contribution in [-0.2, 0) is 20.1 Å². The molecule has 0 saturated carbocycles. The molecule has 4 aromatic rings. The molecule has 0 unspecified atom stereocenters. The van der Waals surface area contributed by atoms with Crippen molar-refractivity contribution >= 4 is 21.9 Å². The molecule has 0 radical (unpaired) electrons. The van der Waals surface area contributed by atoms with Crippen molar-refractivity contribution in [3.63, 3.8) is 0 Å². The van der Waals surface area contributed by atoms with Crippen molar-refractivity contribution in [2.24, 2.45) is 13.0 Å². The van der Waals surface area contributed by atoms with Gasteiger partial charge >= 0.3 is 5.69 Å². The molecular weight excluding hydrogens is 340 g/mol. The SMILES string of the molecule is CC(C)Cn1c(=O)n(C)c(=O)c2c3ncn(Cc4ccccc4)c3ccc21. The van der Waals surface area contributed by atoms with Crippen LogP contribution in [-0.4, -0.2) is 18.7 Å². The van der Waals surface area contributed by atoms with Crippen LogP contribution in [0.3, 0.4) is 0 Å². The van der Waals surface area contributed by atoms with Crippen LogP contribution in [0.1, 0.15) is 19.4 Å². The second-order valence-electron chi connectivity index (χ2n) is 7.34. The van der Waals surface area contributed by atoms with E-state index in [4.69, 9.17) is 0 Å². The molecule has 6 nitrogen and oxygen atoms in total. The molecule has 4 rings (SSSR count). The molecule has 0 N–H and O–H groups in total. The molecule has 27 heavy (non-hydrogen) atoms. The lowest BCUT2D eigenvalue weighted by Gasteiger charge is -2.14. The van der Waals surface area contributed by atoms with Crippen molar-refractivity contribution in [3.8, 4) is 0 Å². The highest BCUT2D eigenvalue weighted by atomic mass is 16.2. The highest BCUT2D eigenvalue weighted by Crippen LogP contribution is 2.22. The third-order valence-corrected chi connectivity index (χ3v) is 4.84. The van der Waals surface area contributed by atoms with E-state index >= 15 is 0 Å². The molecule has 2 aromatic heterocycles. The number of imidazole rings is 1. The van der Waals surface area contributed by atoms with Crippen LogP contribution in [0.25, 0.3) is 21.9 Å². The Balaban J connectivity index is 1.98. The maximum atomic E-state index is 12.9. The molecule has 0 saturated heterocycles. The van der Waals surface area contributed by atoms with E-state index in [9.17, 15) is 9.59 Å². The first-order valence-corrected chi connectivity index (χ1v) is 9.08. The van der Waals surface area contributed by atoms with Gasteiger partial charge in [-0.05, 0) is 23.6 Å². The van der Waals surface area contributed by atoms with Crippen LogP contribution >= 0.6 is 0 Å². The van der Waals surface area contributed by atoms with E-state index in [-0.39, 0.29) is 17.2 Å². The average Bonchev–Trinajstić information content (AvgIpc) is 3.06. The molecule has 0 aliphatic heterocycles. The summed E-state index contributed by atoms with van der Waals surface area (Å²) < 4.78 is 4.89. The van der Waals surface area contributed by atoms with Crippen LogP contribution in [0.2, 0.25) is 0 Å². The second-order valence-corrected chi connectivity index (χ2v) is 7.34. The largest absolute Gasteiger partial charge is 0.331 e. The lowest BCUT2D eigenvalue weighted by Crippen LogP contribution is -2.39. The summed E-state index contributed by atoms with van der Waals surface area (Å²) in [5, 5.41) is 0.502. The first-order chi connectivity index (χ1) is 13.0. The number of benzene rings is 2. The quantitative estimate of drug-likeness (QED) is 0.561. The Morgan fingerprint density at radius 3 is 2.41 bits per heavy atom. The zero-order valence-electron chi connectivity index (χ0n) is 15.7. The van der Waals surface area contributed by atoms with Gasteiger partial charge in [0.2, 0.25) is 0 Å². The van der Waals surface area contributed by atoms with Crippen molar-refractivity contribution in [2.75, 3.05) is 0 Å². The van der Waals surface area contributed by atoms with Crippen LogP contribution in [0.4, 0.5) is 0 Å². The number of hydrogen-bond donors (Lipinski definition) is 0. The number of hydrogen-bond acceptors (Lipinski definition) is 3. The minimum atomic E-state index is -0.300. The van der Waals surface area contributed by atoms with Crippen LogP contribution < -0.4 is 11.2 Å². The van der Waals surface area contributed by atoms with Gasteiger partial charge in [0.25, 0.3) is 5.56 Å². The van der Waals surface area contributed by atoms with Gasteiger partial charge in [0.05, 0.1) is 22.7 Å². The predicted octanol–water partition coefficient (Wildman–Crippen LogP) is 2.75. The van der Waals surface area contributed by atoms with Gasteiger partial charge in [0, 0.05) is 20.1 Å². The molecule has 0 amide bonds. The van der Waals surface area contributed by atoms with Crippen molar-refractivity contribution in [3.05, 3.63) is 75.2 Å². The van der Waals surface area contributed by atoms with Crippen molar-refractivity contribution in [2.45, 2.75) is 26.9 Å². The minimum absolute atomic E-state index is 0.287. The maximum Gasteiger partial charge on any atom is 0.331 e. The Morgan fingerprint density at radius 1 is 1.00 bits per heavy atom. The first kappa shape index (κ1) is 17.3.